The van der Waals surface area contributed by atoms with Crippen LogP contribution in [0.25, 0.3) is 11.3 Å². The Morgan fingerprint density at radius 1 is 1.00 bits per heavy atom. The zero-order chi connectivity index (χ0) is 25.9. The highest BCUT2D eigenvalue weighted by Crippen LogP contribution is 2.33. The zero-order valence-corrected chi connectivity index (χ0v) is 20.6. The van der Waals surface area contributed by atoms with Crippen molar-refractivity contribution in [1.29, 1.82) is 5.41 Å². The predicted octanol–water partition coefficient (Wildman–Crippen LogP) is 5.06. The number of nitrogens with zero attached hydrogens (tertiary/aromatic N) is 4. The number of aliphatic imine (C=N–C) groups is 1. The molecule has 186 valence electrons. The second kappa shape index (κ2) is 10.2. The van der Waals surface area contributed by atoms with Crippen LogP contribution in [0.3, 0.4) is 0 Å². The van der Waals surface area contributed by atoms with E-state index in [0.717, 1.165) is 30.1 Å². The second-order valence-corrected chi connectivity index (χ2v) is 8.77. The number of nitrogen functional groups attached to an aromatic ring is 1. The molecule has 10 heteroatoms. The molecule has 4 N–H and O–H groups in total. The standard InChI is InChI=1S/C27H23ClN6O3/c1-34-11-10-31-26(34)17-5-3-7-20(13-17)36-27-32-22(16-4-2-6-18(28)12-16)15-24(33-27)37-23-14-19(35)8-9-21(23)25(29)30/h2-9,12-15,35H,10-11H2,1H3,(H3,29,30). The lowest BCUT2D eigenvalue weighted by Gasteiger charge is -2.15. The second-order valence-electron chi connectivity index (χ2n) is 8.34. The van der Waals surface area contributed by atoms with Gasteiger partial charge in [0.2, 0.25) is 5.88 Å². The van der Waals surface area contributed by atoms with E-state index in [1.807, 2.05) is 37.4 Å². The van der Waals surface area contributed by atoms with Crippen LogP contribution in [-0.2, 0) is 0 Å². The molecule has 5 rings (SSSR count). The molecule has 0 atom stereocenters. The van der Waals surface area contributed by atoms with Gasteiger partial charge in [0.15, 0.2) is 0 Å². The van der Waals surface area contributed by atoms with Crippen molar-refractivity contribution < 1.29 is 14.6 Å². The summed E-state index contributed by atoms with van der Waals surface area (Å²) in [4.78, 5) is 15.6. The number of benzene rings is 3. The number of phenols is 1. The molecular weight excluding hydrogens is 492 g/mol. The first-order chi connectivity index (χ1) is 17.9. The summed E-state index contributed by atoms with van der Waals surface area (Å²) in [6.45, 7) is 1.61. The summed E-state index contributed by atoms with van der Waals surface area (Å²) in [6, 6.07) is 20.7. The van der Waals surface area contributed by atoms with Crippen LogP contribution in [0.5, 0.6) is 29.1 Å². The van der Waals surface area contributed by atoms with Crippen LogP contribution >= 0.6 is 11.6 Å². The van der Waals surface area contributed by atoms with Crippen LogP contribution in [0.4, 0.5) is 0 Å². The molecule has 3 aromatic carbocycles. The fourth-order valence-electron chi connectivity index (χ4n) is 3.88. The number of aromatic nitrogens is 2. The molecule has 1 aliphatic heterocycles. The van der Waals surface area contributed by atoms with Gasteiger partial charge in [-0.15, -0.1) is 0 Å². The molecule has 37 heavy (non-hydrogen) atoms. The first-order valence-electron chi connectivity index (χ1n) is 11.4. The molecule has 4 aromatic rings. The third-order valence-corrected chi connectivity index (χ3v) is 5.87. The SMILES string of the molecule is CN1CCN=C1c1cccc(Oc2nc(Oc3cc(O)ccc3C(=N)N)cc(-c3cccc(Cl)c3)n2)c1. The topological polar surface area (TPSA) is 130 Å². The van der Waals surface area contributed by atoms with Gasteiger partial charge in [-0.25, -0.2) is 0 Å². The number of halogens is 1. The molecule has 0 fully saturated rings. The van der Waals surface area contributed by atoms with E-state index in [0.29, 0.717) is 22.0 Å². The van der Waals surface area contributed by atoms with Crippen LogP contribution < -0.4 is 15.2 Å². The van der Waals surface area contributed by atoms with Gasteiger partial charge in [0.25, 0.3) is 0 Å². The van der Waals surface area contributed by atoms with Crippen molar-refractivity contribution in [2.24, 2.45) is 10.7 Å². The Balaban J connectivity index is 1.54. The summed E-state index contributed by atoms with van der Waals surface area (Å²) >= 11 is 6.21. The Labute approximate surface area is 218 Å². The van der Waals surface area contributed by atoms with E-state index in [1.54, 1.807) is 24.3 Å². The van der Waals surface area contributed by atoms with Crippen LogP contribution in [0.2, 0.25) is 5.02 Å². The lowest BCUT2D eigenvalue weighted by atomic mass is 10.1. The van der Waals surface area contributed by atoms with Crippen LogP contribution in [-0.4, -0.2) is 51.8 Å². The summed E-state index contributed by atoms with van der Waals surface area (Å²) in [7, 11) is 2.00. The van der Waals surface area contributed by atoms with Crippen molar-refractivity contribution in [3.8, 4) is 40.4 Å². The van der Waals surface area contributed by atoms with Crippen molar-refractivity contribution in [3.63, 3.8) is 0 Å². The third-order valence-electron chi connectivity index (χ3n) is 5.63. The molecular formula is C27H23ClN6O3. The van der Waals surface area contributed by atoms with E-state index in [1.165, 1.54) is 18.2 Å². The average molecular weight is 515 g/mol. The summed E-state index contributed by atoms with van der Waals surface area (Å²) in [5.41, 5.74) is 8.15. The number of rotatable bonds is 7. The van der Waals surface area contributed by atoms with E-state index in [4.69, 9.17) is 32.2 Å². The lowest BCUT2D eigenvalue weighted by molar-refractivity contribution is 0.409. The van der Waals surface area contributed by atoms with Crippen LogP contribution in [0, 0.1) is 5.41 Å². The van der Waals surface area contributed by atoms with Crippen LogP contribution in [0.1, 0.15) is 11.1 Å². The summed E-state index contributed by atoms with van der Waals surface area (Å²) in [5, 5.41) is 18.4. The molecule has 9 nitrogen and oxygen atoms in total. The van der Waals surface area contributed by atoms with Crippen LogP contribution in [0.15, 0.2) is 77.8 Å². The number of hydrogen-bond donors (Lipinski definition) is 3. The molecule has 0 unspecified atom stereocenters. The Morgan fingerprint density at radius 2 is 1.81 bits per heavy atom. The molecule has 0 saturated carbocycles. The highest BCUT2D eigenvalue weighted by atomic mass is 35.5. The highest BCUT2D eigenvalue weighted by Gasteiger charge is 2.17. The van der Waals surface area contributed by atoms with Gasteiger partial charge in [-0.05, 0) is 36.4 Å². The number of phenolic OH excluding ortho intramolecular Hbond substituents is 1. The normalized spacial score (nSPS) is 12.8. The summed E-state index contributed by atoms with van der Waals surface area (Å²) < 4.78 is 12.0. The molecule has 1 aliphatic rings. The molecule has 1 aromatic heterocycles. The van der Waals surface area contributed by atoms with Gasteiger partial charge in [-0.3, -0.25) is 10.4 Å². The first kappa shape index (κ1) is 24.1. The van der Waals surface area contributed by atoms with Crippen molar-refractivity contribution in [3.05, 3.63) is 88.9 Å². The molecule has 0 spiro atoms. The Morgan fingerprint density at radius 3 is 2.57 bits per heavy atom. The molecule has 0 radical (unpaired) electrons. The van der Waals surface area contributed by atoms with Gasteiger partial charge in [-0.1, -0.05) is 35.9 Å². The van der Waals surface area contributed by atoms with E-state index in [-0.39, 0.29) is 29.2 Å². The molecule has 0 aliphatic carbocycles. The molecule has 0 saturated heterocycles. The number of aromatic hydroxyl groups is 1. The number of nitrogens with two attached hydrogens (primary N) is 1. The van der Waals surface area contributed by atoms with Gasteiger partial charge in [0.1, 0.15) is 28.9 Å². The average Bonchev–Trinajstić information content (AvgIpc) is 3.30. The Kier molecular flexibility index (Phi) is 6.61. The number of nitrogens with one attached hydrogen (secondary N) is 1. The monoisotopic (exact) mass is 514 g/mol. The number of ether oxygens (including phenoxy) is 2. The van der Waals surface area contributed by atoms with Gasteiger partial charge in [-0.2, -0.15) is 9.97 Å². The largest absolute Gasteiger partial charge is 0.508 e. The summed E-state index contributed by atoms with van der Waals surface area (Å²) in [6.07, 6.45) is 0. The van der Waals surface area contributed by atoms with E-state index < -0.39 is 0 Å². The van der Waals surface area contributed by atoms with Crippen molar-refractivity contribution in [2.75, 3.05) is 20.1 Å². The number of hydrogen-bond acceptors (Lipinski definition) is 8. The van der Waals surface area contributed by atoms with Crippen molar-refractivity contribution in [2.45, 2.75) is 0 Å². The third kappa shape index (κ3) is 5.46. The molecule has 0 bridgehead atoms. The fraction of sp³-hybridized carbons (Fsp3) is 0.111. The van der Waals surface area contributed by atoms with Gasteiger partial charge < -0.3 is 25.2 Å². The maximum atomic E-state index is 9.97. The summed E-state index contributed by atoms with van der Waals surface area (Å²) in [5.74, 6) is 1.45. The van der Waals surface area contributed by atoms with Crippen molar-refractivity contribution in [1.82, 2.24) is 14.9 Å². The molecule has 0 amide bonds. The first-order valence-corrected chi connectivity index (χ1v) is 11.8. The van der Waals surface area contributed by atoms with E-state index in [2.05, 4.69) is 19.9 Å². The number of likely N-dealkylation sites (N-methyl/N-ethyl adjacent to an activating group) is 1. The minimum absolute atomic E-state index is 0.0378. The van der Waals surface area contributed by atoms with Crippen molar-refractivity contribution >= 4 is 23.3 Å². The van der Waals surface area contributed by atoms with E-state index in [9.17, 15) is 5.11 Å². The molecule has 2 heterocycles. The Hall–Kier alpha value is -4.63. The maximum Gasteiger partial charge on any atom is 0.325 e. The highest BCUT2D eigenvalue weighted by molar-refractivity contribution is 6.30. The smallest absolute Gasteiger partial charge is 0.325 e. The fourth-order valence-corrected chi connectivity index (χ4v) is 4.07. The van der Waals surface area contributed by atoms with Gasteiger partial charge >= 0.3 is 6.01 Å². The predicted molar refractivity (Wildman–Crippen MR) is 142 cm³/mol. The number of amidine groups is 2. The zero-order valence-electron chi connectivity index (χ0n) is 19.9. The quantitative estimate of drug-likeness (QED) is 0.232. The van der Waals surface area contributed by atoms with Gasteiger partial charge in [0.05, 0.1) is 17.8 Å². The Bertz CT molecular complexity index is 1520. The minimum Gasteiger partial charge on any atom is -0.508 e. The maximum absolute atomic E-state index is 9.97. The lowest BCUT2D eigenvalue weighted by Crippen LogP contribution is -2.23. The minimum atomic E-state index is -0.216. The van der Waals surface area contributed by atoms with E-state index >= 15 is 0 Å². The van der Waals surface area contributed by atoms with Gasteiger partial charge in [0, 0.05) is 41.9 Å².